The zero-order valence-electron chi connectivity index (χ0n) is 12.7. The molecule has 3 unspecified atom stereocenters. The van der Waals surface area contributed by atoms with Crippen molar-refractivity contribution in [3.63, 3.8) is 0 Å². The van der Waals surface area contributed by atoms with Crippen LogP contribution in [-0.4, -0.2) is 43.3 Å². The van der Waals surface area contributed by atoms with Gasteiger partial charge in [-0.1, -0.05) is 25.1 Å². The number of morpholine rings is 1. The summed E-state index contributed by atoms with van der Waals surface area (Å²) in [5, 5.41) is 3.50. The van der Waals surface area contributed by atoms with E-state index in [1.165, 1.54) is 12.8 Å². The Labute approximate surface area is 126 Å². The van der Waals surface area contributed by atoms with Crippen LogP contribution < -0.4 is 5.32 Å². The number of halogens is 1. The smallest absolute Gasteiger partial charge is 0.128 e. The molecule has 1 N–H and O–H groups in total. The summed E-state index contributed by atoms with van der Waals surface area (Å²) < 4.78 is 20.0. The Morgan fingerprint density at radius 1 is 1.29 bits per heavy atom. The van der Waals surface area contributed by atoms with Gasteiger partial charge in [-0.2, -0.15) is 0 Å². The third-order valence-corrected chi connectivity index (χ3v) is 4.48. The predicted molar refractivity (Wildman–Crippen MR) is 81.8 cm³/mol. The van der Waals surface area contributed by atoms with Gasteiger partial charge >= 0.3 is 0 Å². The highest BCUT2D eigenvalue weighted by Crippen LogP contribution is 2.28. The molecule has 4 heteroatoms. The maximum atomic E-state index is 14.1. The number of benzene rings is 1. The number of ether oxygens (including phenoxy) is 1. The van der Waals surface area contributed by atoms with Crippen molar-refractivity contribution in [2.24, 2.45) is 0 Å². The topological polar surface area (TPSA) is 24.5 Å². The number of fused-ring (bicyclic) bond motifs is 2. The predicted octanol–water partition coefficient (Wildman–Crippen LogP) is 2.73. The van der Waals surface area contributed by atoms with Gasteiger partial charge in [0.05, 0.1) is 12.2 Å². The van der Waals surface area contributed by atoms with E-state index in [1.807, 2.05) is 12.1 Å². The summed E-state index contributed by atoms with van der Waals surface area (Å²) in [6, 6.07) is 7.19. The fourth-order valence-corrected chi connectivity index (χ4v) is 3.46. The van der Waals surface area contributed by atoms with Crippen LogP contribution in [0.25, 0.3) is 0 Å². The van der Waals surface area contributed by atoms with Gasteiger partial charge in [0.2, 0.25) is 0 Å². The molecular formula is C17H25FN2O. The number of nitrogens with zero attached hydrogens (tertiary/aromatic N) is 1. The van der Waals surface area contributed by atoms with Gasteiger partial charge in [0.1, 0.15) is 5.82 Å². The van der Waals surface area contributed by atoms with E-state index in [2.05, 4.69) is 17.1 Å². The van der Waals surface area contributed by atoms with Gasteiger partial charge in [0.15, 0.2) is 0 Å². The van der Waals surface area contributed by atoms with Gasteiger partial charge < -0.3 is 10.1 Å². The van der Waals surface area contributed by atoms with Crippen LogP contribution in [0.2, 0.25) is 0 Å². The van der Waals surface area contributed by atoms with E-state index in [9.17, 15) is 4.39 Å². The molecule has 0 aromatic heterocycles. The zero-order chi connectivity index (χ0) is 14.7. The largest absolute Gasteiger partial charge is 0.372 e. The molecule has 2 aliphatic heterocycles. The highest BCUT2D eigenvalue weighted by molar-refractivity contribution is 5.21. The van der Waals surface area contributed by atoms with E-state index in [1.54, 1.807) is 12.1 Å². The normalized spacial score (nSPS) is 27.0. The molecule has 3 atom stereocenters. The molecule has 2 bridgehead atoms. The first-order chi connectivity index (χ1) is 10.3. The van der Waals surface area contributed by atoms with Crippen LogP contribution in [-0.2, 0) is 4.74 Å². The Kier molecular flexibility index (Phi) is 4.88. The van der Waals surface area contributed by atoms with E-state index >= 15 is 0 Å². The molecule has 116 valence electrons. The summed E-state index contributed by atoms with van der Waals surface area (Å²) in [6.45, 7) is 5.87. The van der Waals surface area contributed by atoms with Crippen molar-refractivity contribution in [1.82, 2.24) is 10.2 Å². The summed E-state index contributed by atoms with van der Waals surface area (Å²) in [5.41, 5.74) is 0.782. The second-order valence-corrected chi connectivity index (χ2v) is 6.20. The van der Waals surface area contributed by atoms with Crippen LogP contribution in [0.5, 0.6) is 0 Å². The number of hydrogen-bond donors (Lipinski definition) is 1. The van der Waals surface area contributed by atoms with Crippen molar-refractivity contribution in [3.05, 3.63) is 35.6 Å². The van der Waals surface area contributed by atoms with Crippen molar-refractivity contribution < 1.29 is 9.13 Å². The van der Waals surface area contributed by atoms with Crippen molar-refractivity contribution in [2.45, 2.75) is 44.4 Å². The average Bonchev–Trinajstić information content (AvgIpc) is 2.83. The zero-order valence-corrected chi connectivity index (χ0v) is 12.7. The second kappa shape index (κ2) is 6.86. The first-order valence-corrected chi connectivity index (χ1v) is 8.12. The van der Waals surface area contributed by atoms with Gasteiger partial charge in [0, 0.05) is 31.2 Å². The van der Waals surface area contributed by atoms with E-state index in [-0.39, 0.29) is 11.9 Å². The lowest BCUT2D eigenvalue weighted by molar-refractivity contribution is -0.0408. The summed E-state index contributed by atoms with van der Waals surface area (Å²) >= 11 is 0. The average molecular weight is 292 g/mol. The molecule has 0 aliphatic carbocycles. The molecule has 0 saturated carbocycles. The van der Waals surface area contributed by atoms with E-state index in [4.69, 9.17) is 4.74 Å². The third-order valence-electron chi connectivity index (χ3n) is 4.48. The standard InChI is InChI=1S/C17H25FN2O/c1-2-9-19-17(15-5-3-4-6-16(15)18)12-20-10-13-7-8-14(11-20)21-13/h3-6,13-14,17,19H,2,7-12H2,1H3. The minimum atomic E-state index is -0.109. The van der Waals surface area contributed by atoms with Crippen LogP contribution >= 0.6 is 0 Å². The van der Waals surface area contributed by atoms with E-state index < -0.39 is 0 Å². The molecule has 2 heterocycles. The molecule has 1 aromatic carbocycles. The molecule has 2 fully saturated rings. The minimum Gasteiger partial charge on any atom is -0.372 e. The van der Waals surface area contributed by atoms with E-state index in [0.717, 1.165) is 38.2 Å². The summed E-state index contributed by atoms with van der Waals surface area (Å²) in [6.07, 6.45) is 4.17. The highest BCUT2D eigenvalue weighted by atomic mass is 19.1. The fourth-order valence-electron chi connectivity index (χ4n) is 3.46. The molecule has 0 radical (unpaired) electrons. The van der Waals surface area contributed by atoms with E-state index in [0.29, 0.717) is 12.2 Å². The number of likely N-dealkylation sites (tertiary alicyclic amines) is 1. The van der Waals surface area contributed by atoms with Crippen LogP contribution in [0.3, 0.4) is 0 Å². The summed E-state index contributed by atoms with van der Waals surface area (Å²) in [4.78, 5) is 2.44. The molecule has 3 rings (SSSR count). The lowest BCUT2D eigenvalue weighted by atomic mass is 10.0. The monoisotopic (exact) mass is 292 g/mol. The molecule has 21 heavy (non-hydrogen) atoms. The van der Waals surface area contributed by atoms with Crippen LogP contribution in [0.4, 0.5) is 4.39 Å². The number of nitrogens with one attached hydrogen (secondary N) is 1. The van der Waals surface area contributed by atoms with Crippen molar-refractivity contribution in [1.29, 1.82) is 0 Å². The highest BCUT2D eigenvalue weighted by Gasteiger charge is 2.34. The lowest BCUT2D eigenvalue weighted by Gasteiger charge is -2.35. The Bertz CT molecular complexity index is 456. The quantitative estimate of drug-likeness (QED) is 0.872. The molecule has 2 saturated heterocycles. The minimum absolute atomic E-state index is 0.0589. The SMILES string of the molecule is CCCNC(CN1CC2CCC(C1)O2)c1ccccc1F. The first-order valence-electron chi connectivity index (χ1n) is 8.12. The van der Waals surface area contributed by atoms with Crippen molar-refractivity contribution >= 4 is 0 Å². The Balaban J connectivity index is 1.69. The van der Waals surface area contributed by atoms with Crippen LogP contribution in [0.15, 0.2) is 24.3 Å². The second-order valence-electron chi connectivity index (χ2n) is 6.20. The number of hydrogen-bond acceptors (Lipinski definition) is 3. The van der Waals surface area contributed by atoms with Gasteiger partial charge in [-0.15, -0.1) is 0 Å². The molecule has 2 aliphatic rings. The molecular weight excluding hydrogens is 267 g/mol. The van der Waals surface area contributed by atoms with Crippen LogP contribution in [0, 0.1) is 5.82 Å². The van der Waals surface area contributed by atoms with Crippen molar-refractivity contribution in [3.8, 4) is 0 Å². The van der Waals surface area contributed by atoms with Crippen molar-refractivity contribution in [2.75, 3.05) is 26.2 Å². The lowest BCUT2D eigenvalue weighted by Crippen LogP contribution is -2.46. The molecule has 0 spiro atoms. The Morgan fingerprint density at radius 3 is 2.67 bits per heavy atom. The molecule has 0 amide bonds. The maximum absolute atomic E-state index is 14.1. The van der Waals surface area contributed by atoms with Gasteiger partial charge in [-0.3, -0.25) is 4.90 Å². The maximum Gasteiger partial charge on any atom is 0.128 e. The Morgan fingerprint density at radius 2 is 2.00 bits per heavy atom. The fraction of sp³-hybridized carbons (Fsp3) is 0.647. The van der Waals surface area contributed by atoms with Gasteiger partial charge in [0.25, 0.3) is 0 Å². The number of rotatable bonds is 6. The third kappa shape index (κ3) is 3.62. The molecule has 1 aromatic rings. The van der Waals surface area contributed by atoms with Gasteiger partial charge in [-0.25, -0.2) is 4.39 Å². The summed E-state index contributed by atoms with van der Waals surface area (Å²) in [5.74, 6) is -0.109. The van der Waals surface area contributed by atoms with Gasteiger partial charge in [-0.05, 0) is 31.9 Å². The summed E-state index contributed by atoms with van der Waals surface area (Å²) in [7, 11) is 0. The van der Waals surface area contributed by atoms with Crippen LogP contribution in [0.1, 0.15) is 37.8 Å². The first kappa shape index (κ1) is 14.9. The Hall–Kier alpha value is -0.970. The molecule has 3 nitrogen and oxygen atoms in total.